The highest BCUT2D eigenvalue weighted by atomic mass is 32.1. The van der Waals surface area contributed by atoms with Gasteiger partial charge in [-0.1, -0.05) is 25.2 Å². The summed E-state index contributed by atoms with van der Waals surface area (Å²) >= 11 is 1.49. The minimum absolute atomic E-state index is 0.306. The molecule has 4 rings (SSSR count). The first-order chi connectivity index (χ1) is 14.5. The molecule has 0 aliphatic carbocycles. The molecule has 1 aliphatic rings. The molecular formula is C23H27FN4OS. The highest BCUT2D eigenvalue weighted by Gasteiger charge is 2.14. The summed E-state index contributed by atoms with van der Waals surface area (Å²) in [5, 5.41) is 14.5. The van der Waals surface area contributed by atoms with Gasteiger partial charge in [0, 0.05) is 11.6 Å². The van der Waals surface area contributed by atoms with Gasteiger partial charge in [0.1, 0.15) is 11.6 Å². The van der Waals surface area contributed by atoms with E-state index in [-0.39, 0.29) is 0 Å². The highest BCUT2D eigenvalue weighted by Crippen LogP contribution is 2.29. The van der Waals surface area contributed by atoms with E-state index in [0.29, 0.717) is 22.5 Å². The van der Waals surface area contributed by atoms with E-state index in [0.717, 1.165) is 22.5 Å². The van der Waals surface area contributed by atoms with Crippen LogP contribution in [0.3, 0.4) is 0 Å². The number of nitrogens with zero attached hydrogens (tertiary/aromatic N) is 3. The smallest absolute Gasteiger partial charge is 0.163 e. The number of halogens is 1. The lowest BCUT2D eigenvalue weighted by atomic mass is 10.0. The monoisotopic (exact) mass is 426 g/mol. The molecule has 30 heavy (non-hydrogen) atoms. The van der Waals surface area contributed by atoms with Crippen molar-refractivity contribution in [1.29, 1.82) is 0 Å². The molecule has 1 saturated heterocycles. The number of nitrogens with one attached hydrogen (secondary N) is 1. The lowest BCUT2D eigenvalue weighted by Gasteiger charge is -2.04. The van der Waals surface area contributed by atoms with Crippen LogP contribution in [-0.2, 0) is 0 Å². The van der Waals surface area contributed by atoms with Crippen LogP contribution in [0.5, 0.6) is 0 Å². The molecule has 0 spiro atoms. The molecule has 0 amide bonds. The van der Waals surface area contributed by atoms with Crippen molar-refractivity contribution in [2.24, 2.45) is 5.92 Å². The van der Waals surface area contributed by atoms with Gasteiger partial charge in [0.05, 0.1) is 27.7 Å². The van der Waals surface area contributed by atoms with E-state index >= 15 is 0 Å². The summed E-state index contributed by atoms with van der Waals surface area (Å²) in [7, 11) is 0. The second-order valence-electron chi connectivity index (χ2n) is 7.41. The van der Waals surface area contributed by atoms with Gasteiger partial charge in [-0.25, -0.2) is 14.4 Å². The molecule has 5 nitrogen and oxygen atoms in total. The lowest BCUT2D eigenvalue weighted by molar-refractivity contribution is 0.253. The first kappa shape index (κ1) is 22.3. The van der Waals surface area contributed by atoms with Crippen molar-refractivity contribution in [2.45, 2.75) is 46.1 Å². The Morgan fingerprint density at radius 3 is 2.90 bits per heavy atom. The number of thiophene rings is 1. The van der Waals surface area contributed by atoms with Gasteiger partial charge in [-0.15, -0.1) is 11.3 Å². The first-order valence-corrected chi connectivity index (χ1v) is 11.1. The predicted molar refractivity (Wildman–Crippen MR) is 120 cm³/mol. The van der Waals surface area contributed by atoms with E-state index in [1.54, 1.807) is 13.0 Å². The maximum absolute atomic E-state index is 13.9. The molecular weight excluding hydrogens is 399 g/mol. The standard InChI is InChI=1S/C16H12FN3OS.C7H15N/c1-9(21)3-4-11-8-22-15-10(2)19-16(20-14(11)15)12-5-6-18-7-13(12)17;1-2-3-7-4-5-8-6-7/h5-9,21H,1-2H3;7-8H,2-6H2,1H3. The van der Waals surface area contributed by atoms with Crippen LogP contribution >= 0.6 is 11.3 Å². The molecule has 0 aromatic carbocycles. The van der Waals surface area contributed by atoms with Crippen LogP contribution in [0, 0.1) is 30.5 Å². The van der Waals surface area contributed by atoms with Gasteiger partial charge in [0.15, 0.2) is 11.6 Å². The number of hydrogen-bond acceptors (Lipinski definition) is 6. The Balaban J connectivity index is 0.000000269. The highest BCUT2D eigenvalue weighted by molar-refractivity contribution is 7.17. The normalized spacial score (nSPS) is 16.5. The molecule has 1 fully saturated rings. The van der Waals surface area contributed by atoms with Crippen molar-refractivity contribution >= 4 is 21.6 Å². The van der Waals surface area contributed by atoms with E-state index in [4.69, 9.17) is 0 Å². The van der Waals surface area contributed by atoms with E-state index in [2.05, 4.69) is 39.0 Å². The fourth-order valence-corrected chi connectivity index (χ4v) is 4.27. The van der Waals surface area contributed by atoms with Gasteiger partial charge in [0.2, 0.25) is 0 Å². The van der Waals surface area contributed by atoms with Crippen molar-refractivity contribution in [3.8, 4) is 23.2 Å². The summed E-state index contributed by atoms with van der Waals surface area (Å²) in [6.07, 6.45) is 6.12. The van der Waals surface area contributed by atoms with Crippen LogP contribution in [0.2, 0.25) is 0 Å². The van der Waals surface area contributed by atoms with Gasteiger partial charge >= 0.3 is 0 Å². The topological polar surface area (TPSA) is 70.9 Å². The van der Waals surface area contributed by atoms with E-state index in [1.807, 2.05) is 12.3 Å². The number of aromatic nitrogens is 3. The third-order valence-electron chi connectivity index (χ3n) is 4.87. The fourth-order valence-electron chi connectivity index (χ4n) is 3.38. The zero-order chi connectivity index (χ0) is 21.5. The number of hydrogen-bond donors (Lipinski definition) is 2. The molecule has 0 radical (unpaired) electrons. The Morgan fingerprint density at radius 1 is 1.40 bits per heavy atom. The molecule has 7 heteroatoms. The zero-order valence-electron chi connectivity index (χ0n) is 17.6. The third-order valence-corrected chi connectivity index (χ3v) is 5.95. The Labute approximate surface area is 180 Å². The number of pyridine rings is 1. The van der Waals surface area contributed by atoms with Crippen LogP contribution in [0.25, 0.3) is 21.6 Å². The van der Waals surface area contributed by atoms with Gasteiger partial charge in [-0.3, -0.25) is 4.98 Å². The summed E-state index contributed by atoms with van der Waals surface area (Å²) in [5.74, 6) is 6.44. The number of fused-ring (bicyclic) bond motifs is 1. The van der Waals surface area contributed by atoms with Crippen LogP contribution in [0.4, 0.5) is 4.39 Å². The molecule has 4 heterocycles. The Bertz CT molecular complexity index is 1050. The molecule has 0 saturated carbocycles. The molecule has 2 unspecified atom stereocenters. The maximum atomic E-state index is 13.9. The third kappa shape index (κ3) is 5.60. The number of aliphatic hydroxyl groups excluding tert-OH is 1. The van der Waals surface area contributed by atoms with Crippen LogP contribution in [0.1, 0.15) is 44.4 Å². The summed E-state index contributed by atoms with van der Waals surface area (Å²) in [4.78, 5) is 12.6. The predicted octanol–water partition coefficient (Wildman–Crippen LogP) is 4.33. The quantitative estimate of drug-likeness (QED) is 0.610. The zero-order valence-corrected chi connectivity index (χ0v) is 18.4. The van der Waals surface area contributed by atoms with Crippen molar-refractivity contribution in [3.05, 3.63) is 40.9 Å². The maximum Gasteiger partial charge on any atom is 0.163 e. The van der Waals surface area contributed by atoms with Gasteiger partial charge in [-0.05, 0) is 51.8 Å². The van der Waals surface area contributed by atoms with Crippen LogP contribution < -0.4 is 5.32 Å². The van der Waals surface area contributed by atoms with Crippen LogP contribution in [0.15, 0.2) is 23.8 Å². The second-order valence-corrected chi connectivity index (χ2v) is 8.29. The lowest BCUT2D eigenvalue weighted by Crippen LogP contribution is -2.08. The van der Waals surface area contributed by atoms with Gasteiger partial charge in [0.25, 0.3) is 0 Å². The minimum Gasteiger partial charge on any atom is -0.381 e. The Morgan fingerprint density at radius 2 is 2.23 bits per heavy atom. The van der Waals surface area contributed by atoms with Crippen molar-refractivity contribution in [1.82, 2.24) is 20.3 Å². The molecule has 158 valence electrons. The van der Waals surface area contributed by atoms with Crippen molar-refractivity contribution < 1.29 is 9.50 Å². The molecule has 0 bridgehead atoms. The Hall–Kier alpha value is -2.40. The van der Waals surface area contributed by atoms with E-state index in [1.165, 1.54) is 49.9 Å². The summed E-state index contributed by atoms with van der Waals surface area (Å²) in [5.41, 5.74) is 2.46. The Kier molecular flexibility index (Phi) is 7.86. The van der Waals surface area contributed by atoms with Crippen molar-refractivity contribution in [2.75, 3.05) is 13.1 Å². The average Bonchev–Trinajstić information content (AvgIpc) is 3.37. The average molecular weight is 427 g/mol. The number of aryl methyl sites for hydroxylation is 1. The molecule has 1 aliphatic heterocycles. The van der Waals surface area contributed by atoms with Gasteiger partial charge < -0.3 is 10.4 Å². The summed E-state index contributed by atoms with van der Waals surface area (Å²) in [6.45, 7) is 8.24. The fraction of sp³-hybridized carbons (Fsp3) is 0.435. The largest absolute Gasteiger partial charge is 0.381 e. The molecule has 3 aromatic heterocycles. The number of rotatable bonds is 3. The summed E-state index contributed by atoms with van der Waals surface area (Å²) in [6, 6.07) is 1.55. The molecule has 2 N–H and O–H groups in total. The summed E-state index contributed by atoms with van der Waals surface area (Å²) < 4.78 is 14.8. The van der Waals surface area contributed by atoms with E-state index < -0.39 is 11.9 Å². The number of aliphatic hydroxyl groups is 1. The SMILES string of the molecule is CCCC1CCNC1.Cc1nc(-c2ccncc2F)nc2c(C#CC(C)O)csc12. The molecule has 2 atom stereocenters. The van der Waals surface area contributed by atoms with Crippen LogP contribution in [-0.4, -0.2) is 39.3 Å². The van der Waals surface area contributed by atoms with Crippen molar-refractivity contribution in [3.63, 3.8) is 0 Å². The second kappa shape index (κ2) is 10.6. The van der Waals surface area contributed by atoms with Gasteiger partial charge in [-0.2, -0.15) is 0 Å². The molecule has 3 aromatic rings. The minimum atomic E-state index is -0.713. The first-order valence-electron chi connectivity index (χ1n) is 10.3. The van der Waals surface area contributed by atoms with E-state index in [9.17, 15) is 9.50 Å².